The van der Waals surface area contributed by atoms with Crippen molar-refractivity contribution in [1.82, 2.24) is 5.32 Å². The molecule has 0 aliphatic carbocycles. The molecule has 0 aromatic heterocycles. The second-order valence-corrected chi connectivity index (χ2v) is 4.33. The zero-order chi connectivity index (χ0) is 12.8. The van der Waals surface area contributed by atoms with E-state index in [-0.39, 0.29) is 10.6 Å². The second-order valence-electron chi connectivity index (χ2n) is 3.43. The number of rotatable bonds is 5. The SMILES string of the molecule is NC(=S)CCCNC(=O)c1cccc(F)c1Cl. The summed E-state index contributed by atoms with van der Waals surface area (Å²) >= 11 is 10.4. The monoisotopic (exact) mass is 274 g/mol. The number of halogens is 2. The third-order valence-electron chi connectivity index (χ3n) is 2.08. The van der Waals surface area contributed by atoms with Gasteiger partial charge in [0.2, 0.25) is 0 Å². The lowest BCUT2D eigenvalue weighted by atomic mass is 10.2. The molecule has 0 spiro atoms. The van der Waals surface area contributed by atoms with Crippen molar-refractivity contribution in [3.8, 4) is 0 Å². The topological polar surface area (TPSA) is 55.1 Å². The van der Waals surface area contributed by atoms with Gasteiger partial charge in [0.25, 0.3) is 5.91 Å². The van der Waals surface area contributed by atoms with E-state index in [1.165, 1.54) is 18.2 Å². The Morgan fingerprint density at radius 2 is 2.24 bits per heavy atom. The number of thiocarbonyl (C=S) groups is 1. The Morgan fingerprint density at radius 1 is 1.53 bits per heavy atom. The van der Waals surface area contributed by atoms with Crippen LogP contribution in [0.3, 0.4) is 0 Å². The summed E-state index contributed by atoms with van der Waals surface area (Å²) in [5.41, 5.74) is 5.44. The van der Waals surface area contributed by atoms with Crippen molar-refractivity contribution >= 4 is 34.7 Å². The first-order chi connectivity index (χ1) is 8.02. The van der Waals surface area contributed by atoms with Crippen LogP contribution in [-0.2, 0) is 0 Å². The highest BCUT2D eigenvalue weighted by atomic mass is 35.5. The second kappa shape index (κ2) is 6.51. The Kier molecular flexibility index (Phi) is 5.31. The predicted octanol–water partition coefficient (Wildman–Crippen LogP) is 2.28. The molecule has 0 atom stereocenters. The molecule has 1 aromatic rings. The van der Waals surface area contributed by atoms with Crippen LogP contribution in [0.5, 0.6) is 0 Å². The van der Waals surface area contributed by atoms with Gasteiger partial charge in [0.15, 0.2) is 0 Å². The van der Waals surface area contributed by atoms with Crippen LogP contribution in [-0.4, -0.2) is 17.4 Å². The lowest BCUT2D eigenvalue weighted by molar-refractivity contribution is 0.0953. The molecule has 0 unspecified atom stereocenters. The third kappa shape index (κ3) is 4.28. The quantitative estimate of drug-likeness (QED) is 0.640. The molecule has 0 aliphatic heterocycles. The maximum Gasteiger partial charge on any atom is 0.252 e. The number of hydrogen-bond donors (Lipinski definition) is 2. The van der Waals surface area contributed by atoms with Crippen LogP contribution in [0.4, 0.5) is 4.39 Å². The highest BCUT2D eigenvalue weighted by molar-refractivity contribution is 7.80. The van der Waals surface area contributed by atoms with Crippen molar-refractivity contribution in [2.45, 2.75) is 12.8 Å². The maximum absolute atomic E-state index is 13.1. The van der Waals surface area contributed by atoms with Gasteiger partial charge in [-0.2, -0.15) is 0 Å². The minimum Gasteiger partial charge on any atom is -0.393 e. The number of hydrogen-bond acceptors (Lipinski definition) is 2. The van der Waals surface area contributed by atoms with Gasteiger partial charge in [-0.15, -0.1) is 0 Å². The molecule has 0 bridgehead atoms. The van der Waals surface area contributed by atoms with E-state index < -0.39 is 11.7 Å². The Balaban J connectivity index is 2.53. The molecule has 0 radical (unpaired) electrons. The van der Waals surface area contributed by atoms with Gasteiger partial charge in [0, 0.05) is 6.54 Å². The van der Waals surface area contributed by atoms with Crippen molar-refractivity contribution < 1.29 is 9.18 Å². The molecule has 1 amide bonds. The van der Waals surface area contributed by atoms with Crippen LogP contribution in [0, 0.1) is 5.82 Å². The van der Waals surface area contributed by atoms with Crippen LogP contribution < -0.4 is 11.1 Å². The van der Waals surface area contributed by atoms with Gasteiger partial charge in [-0.25, -0.2) is 4.39 Å². The normalized spacial score (nSPS) is 10.0. The van der Waals surface area contributed by atoms with E-state index in [1.807, 2.05) is 0 Å². The third-order valence-corrected chi connectivity index (χ3v) is 2.67. The zero-order valence-corrected chi connectivity index (χ0v) is 10.6. The number of nitrogens with one attached hydrogen (secondary N) is 1. The first-order valence-electron chi connectivity index (χ1n) is 5.03. The van der Waals surface area contributed by atoms with Crippen molar-refractivity contribution in [2.75, 3.05) is 6.54 Å². The van der Waals surface area contributed by atoms with Crippen LogP contribution >= 0.6 is 23.8 Å². The van der Waals surface area contributed by atoms with E-state index in [2.05, 4.69) is 5.32 Å². The molecule has 0 fully saturated rings. The Bertz CT molecular complexity index is 439. The molecule has 0 heterocycles. The summed E-state index contributed by atoms with van der Waals surface area (Å²) < 4.78 is 13.1. The lowest BCUT2D eigenvalue weighted by Crippen LogP contribution is -2.25. The molecule has 3 nitrogen and oxygen atoms in total. The first kappa shape index (κ1) is 13.9. The van der Waals surface area contributed by atoms with Gasteiger partial charge in [-0.05, 0) is 25.0 Å². The molecule has 6 heteroatoms. The van der Waals surface area contributed by atoms with Crippen molar-refractivity contribution in [3.63, 3.8) is 0 Å². The van der Waals surface area contributed by atoms with E-state index in [0.29, 0.717) is 24.4 Å². The van der Waals surface area contributed by atoms with E-state index in [0.717, 1.165) is 0 Å². The summed E-state index contributed by atoms with van der Waals surface area (Å²) in [6.07, 6.45) is 1.21. The zero-order valence-electron chi connectivity index (χ0n) is 9.00. The molecular formula is C11H12ClFN2OS. The molecule has 0 saturated heterocycles. The Hall–Kier alpha value is -1.20. The summed E-state index contributed by atoms with van der Waals surface area (Å²) in [5.74, 6) is -1.01. The molecule has 92 valence electrons. The minimum absolute atomic E-state index is 0.127. The van der Waals surface area contributed by atoms with Crippen LogP contribution in [0.15, 0.2) is 18.2 Å². The largest absolute Gasteiger partial charge is 0.393 e. The summed E-state index contributed by atoms with van der Waals surface area (Å²) in [5, 5.41) is 2.45. The average molecular weight is 275 g/mol. The Labute approximate surface area is 109 Å². The van der Waals surface area contributed by atoms with Crippen molar-refractivity contribution in [2.24, 2.45) is 5.73 Å². The van der Waals surface area contributed by atoms with E-state index in [1.54, 1.807) is 0 Å². The lowest BCUT2D eigenvalue weighted by Gasteiger charge is -2.06. The Morgan fingerprint density at radius 3 is 2.88 bits per heavy atom. The molecule has 1 rings (SSSR count). The fourth-order valence-electron chi connectivity index (χ4n) is 1.24. The fourth-order valence-corrected chi connectivity index (χ4v) is 1.60. The average Bonchev–Trinajstić information content (AvgIpc) is 2.27. The number of carbonyl (C=O) groups is 1. The highest BCUT2D eigenvalue weighted by Crippen LogP contribution is 2.19. The summed E-state index contributed by atoms with van der Waals surface area (Å²) in [6, 6.07) is 4.10. The molecular weight excluding hydrogens is 263 g/mol. The van der Waals surface area contributed by atoms with E-state index in [4.69, 9.17) is 29.6 Å². The number of amides is 1. The van der Waals surface area contributed by atoms with Gasteiger partial charge < -0.3 is 11.1 Å². The van der Waals surface area contributed by atoms with Crippen LogP contribution in [0.2, 0.25) is 5.02 Å². The van der Waals surface area contributed by atoms with Gasteiger partial charge in [0.1, 0.15) is 5.82 Å². The van der Waals surface area contributed by atoms with Crippen molar-refractivity contribution in [3.05, 3.63) is 34.6 Å². The molecule has 3 N–H and O–H groups in total. The number of nitrogens with two attached hydrogens (primary N) is 1. The highest BCUT2D eigenvalue weighted by Gasteiger charge is 2.12. The van der Waals surface area contributed by atoms with E-state index >= 15 is 0 Å². The van der Waals surface area contributed by atoms with Gasteiger partial charge in [0.05, 0.1) is 15.6 Å². The first-order valence-corrected chi connectivity index (χ1v) is 5.81. The molecule has 0 saturated carbocycles. The number of carbonyl (C=O) groups excluding carboxylic acids is 1. The van der Waals surface area contributed by atoms with Gasteiger partial charge in [-0.1, -0.05) is 29.9 Å². The minimum atomic E-state index is -0.609. The molecule has 1 aromatic carbocycles. The smallest absolute Gasteiger partial charge is 0.252 e. The fraction of sp³-hybridized carbons (Fsp3) is 0.273. The molecule has 17 heavy (non-hydrogen) atoms. The summed E-state index contributed by atoms with van der Waals surface area (Å²) in [4.78, 5) is 12.0. The van der Waals surface area contributed by atoms with Gasteiger partial charge in [-0.3, -0.25) is 4.79 Å². The summed E-state index contributed by atoms with van der Waals surface area (Å²) in [7, 11) is 0. The van der Waals surface area contributed by atoms with Crippen LogP contribution in [0.25, 0.3) is 0 Å². The summed E-state index contributed by atoms with van der Waals surface area (Å²) in [6.45, 7) is 0.420. The number of benzene rings is 1. The van der Waals surface area contributed by atoms with Crippen LogP contribution in [0.1, 0.15) is 23.2 Å². The predicted molar refractivity (Wildman–Crippen MR) is 69.8 cm³/mol. The van der Waals surface area contributed by atoms with E-state index in [9.17, 15) is 9.18 Å². The molecule has 0 aliphatic rings. The van der Waals surface area contributed by atoms with Gasteiger partial charge >= 0.3 is 0 Å². The maximum atomic E-state index is 13.1. The standard InChI is InChI=1S/C11H12ClFN2OS/c12-10-7(3-1-4-8(10)13)11(16)15-6-2-5-9(14)17/h1,3-4H,2,5-6H2,(H2,14,17)(H,15,16). The van der Waals surface area contributed by atoms with Crippen molar-refractivity contribution in [1.29, 1.82) is 0 Å².